The first-order chi connectivity index (χ1) is 15.6. The number of benzene rings is 2. The van der Waals surface area contributed by atoms with Crippen molar-refractivity contribution in [1.29, 1.82) is 0 Å². The maximum Gasteiger partial charge on any atom is 0.243 e. The van der Waals surface area contributed by atoms with E-state index >= 15 is 0 Å². The smallest absolute Gasteiger partial charge is 0.243 e. The van der Waals surface area contributed by atoms with Crippen LogP contribution < -0.4 is 10.6 Å². The van der Waals surface area contributed by atoms with Gasteiger partial charge in [0.05, 0.1) is 41.9 Å². The number of nitrogens with one attached hydrogen (secondary N) is 2. The summed E-state index contributed by atoms with van der Waals surface area (Å²) in [4.78, 5) is 26.0. The van der Waals surface area contributed by atoms with E-state index in [0.717, 1.165) is 0 Å². The molecule has 1 fully saturated rings. The SMILES string of the molecule is CN(CC(=O)Nc1cccc(F)c1)CC(=O)Nc1cc(S(=O)(=O)N2CCOCC2)ccc1Cl. The molecule has 0 aromatic heterocycles. The van der Waals surface area contributed by atoms with Crippen LogP contribution in [0.2, 0.25) is 5.02 Å². The zero-order chi connectivity index (χ0) is 24.0. The van der Waals surface area contributed by atoms with Gasteiger partial charge in [-0.3, -0.25) is 14.5 Å². The first-order valence-corrected chi connectivity index (χ1v) is 11.9. The summed E-state index contributed by atoms with van der Waals surface area (Å²) < 4.78 is 45.4. The van der Waals surface area contributed by atoms with Gasteiger partial charge in [-0.2, -0.15) is 4.31 Å². The third-order valence-electron chi connectivity index (χ3n) is 4.76. The number of hydrogen-bond acceptors (Lipinski definition) is 6. The Kier molecular flexibility index (Phi) is 8.38. The molecule has 0 spiro atoms. The second-order valence-electron chi connectivity index (χ2n) is 7.44. The van der Waals surface area contributed by atoms with Gasteiger partial charge < -0.3 is 15.4 Å². The third kappa shape index (κ3) is 6.95. The fourth-order valence-corrected chi connectivity index (χ4v) is 4.80. The van der Waals surface area contributed by atoms with Crippen molar-refractivity contribution in [3.05, 3.63) is 53.3 Å². The molecular formula is C21H24ClFN4O5S. The molecule has 0 aliphatic carbocycles. The van der Waals surface area contributed by atoms with Crippen LogP contribution in [0.15, 0.2) is 47.4 Å². The summed E-state index contributed by atoms with van der Waals surface area (Å²) in [6, 6.07) is 9.56. The van der Waals surface area contributed by atoms with E-state index in [2.05, 4.69) is 10.6 Å². The minimum absolute atomic E-state index is 0.00641. The first kappa shape index (κ1) is 25.1. The molecule has 0 radical (unpaired) electrons. The van der Waals surface area contributed by atoms with Gasteiger partial charge in [-0.15, -0.1) is 0 Å². The minimum atomic E-state index is -3.76. The highest BCUT2D eigenvalue weighted by molar-refractivity contribution is 7.89. The number of rotatable bonds is 8. The Labute approximate surface area is 196 Å². The normalized spacial score (nSPS) is 14.8. The molecule has 178 valence electrons. The van der Waals surface area contributed by atoms with Crippen molar-refractivity contribution in [2.45, 2.75) is 4.90 Å². The Balaban J connectivity index is 1.59. The molecule has 2 aromatic rings. The van der Waals surface area contributed by atoms with Crippen LogP contribution >= 0.6 is 11.6 Å². The lowest BCUT2D eigenvalue weighted by molar-refractivity contribution is -0.119. The summed E-state index contributed by atoms with van der Waals surface area (Å²) in [5, 5.41) is 5.31. The van der Waals surface area contributed by atoms with Gasteiger partial charge in [-0.05, 0) is 43.4 Å². The zero-order valence-electron chi connectivity index (χ0n) is 17.9. The van der Waals surface area contributed by atoms with E-state index in [1.165, 1.54) is 45.6 Å². The number of amides is 2. The van der Waals surface area contributed by atoms with Crippen molar-refractivity contribution in [2.24, 2.45) is 0 Å². The summed E-state index contributed by atoms with van der Waals surface area (Å²) in [7, 11) is -2.19. The third-order valence-corrected chi connectivity index (χ3v) is 6.98. The van der Waals surface area contributed by atoms with Crippen molar-refractivity contribution < 1.29 is 27.1 Å². The maximum atomic E-state index is 13.2. The van der Waals surface area contributed by atoms with Gasteiger partial charge >= 0.3 is 0 Å². The Morgan fingerprint density at radius 1 is 1.09 bits per heavy atom. The predicted molar refractivity (Wildman–Crippen MR) is 122 cm³/mol. The molecule has 0 unspecified atom stereocenters. The monoisotopic (exact) mass is 498 g/mol. The summed E-state index contributed by atoms with van der Waals surface area (Å²) in [5.41, 5.74) is 0.455. The van der Waals surface area contributed by atoms with E-state index in [1.54, 1.807) is 13.1 Å². The topological polar surface area (TPSA) is 108 Å². The average molecular weight is 499 g/mol. The van der Waals surface area contributed by atoms with Gasteiger partial charge in [0.15, 0.2) is 0 Å². The van der Waals surface area contributed by atoms with Gasteiger partial charge in [0, 0.05) is 18.8 Å². The predicted octanol–water partition coefficient (Wildman–Crippen LogP) is 2.01. The molecule has 2 aromatic carbocycles. The molecular weight excluding hydrogens is 475 g/mol. The Hall–Kier alpha value is -2.57. The van der Waals surface area contributed by atoms with Gasteiger partial charge in [-0.1, -0.05) is 17.7 Å². The van der Waals surface area contributed by atoms with Gasteiger partial charge in [0.25, 0.3) is 0 Å². The fourth-order valence-electron chi connectivity index (χ4n) is 3.20. The number of hydrogen-bond donors (Lipinski definition) is 2. The second kappa shape index (κ2) is 11.0. The molecule has 1 aliphatic heterocycles. The molecule has 0 atom stereocenters. The first-order valence-electron chi connectivity index (χ1n) is 10.1. The number of anilines is 2. The average Bonchev–Trinajstić information content (AvgIpc) is 2.75. The van der Waals surface area contributed by atoms with E-state index in [0.29, 0.717) is 18.9 Å². The molecule has 1 aliphatic rings. The number of carbonyl (C=O) groups is 2. The van der Waals surface area contributed by atoms with E-state index in [-0.39, 0.29) is 41.8 Å². The molecule has 2 amide bonds. The van der Waals surface area contributed by atoms with Gasteiger partial charge in [0.1, 0.15) is 5.82 Å². The quantitative estimate of drug-likeness (QED) is 0.576. The van der Waals surface area contributed by atoms with Crippen LogP contribution in [0.3, 0.4) is 0 Å². The van der Waals surface area contributed by atoms with E-state index in [1.807, 2.05) is 0 Å². The zero-order valence-corrected chi connectivity index (χ0v) is 19.5. The van der Waals surface area contributed by atoms with Crippen molar-refractivity contribution in [3.63, 3.8) is 0 Å². The largest absolute Gasteiger partial charge is 0.379 e. The standard InChI is InChI=1S/C21H24ClFN4O5S/c1-26(13-20(28)24-16-4-2-3-15(23)11-16)14-21(29)25-19-12-17(5-6-18(19)22)33(30,31)27-7-9-32-10-8-27/h2-6,11-12H,7-10,13-14H2,1H3,(H,24,28)(H,25,29). The number of nitrogens with zero attached hydrogens (tertiary/aromatic N) is 2. The van der Waals surface area contributed by atoms with Crippen LogP contribution in [0.4, 0.5) is 15.8 Å². The number of halogens is 2. The second-order valence-corrected chi connectivity index (χ2v) is 9.78. The molecule has 3 rings (SSSR count). The Morgan fingerprint density at radius 3 is 2.42 bits per heavy atom. The molecule has 12 heteroatoms. The van der Waals surface area contributed by atoms with E-state index < -0.39 is 27.7 Å². The van der Waals surface area contributed by atoms with Crippen LogP contribution in [0.25, 0.3) is 0 Å². The number of sulfonamides is 1. The van der Waals surface area contributed by atoms with Crippen molar-refractivity contribution in [2.75, 3.05) is 57.1 Å². The Bertz CT molecular complexity index is 1130. The van der Waals surface area contributed by atoms with Crippen LogP contribution in [0.1, 0.15) is 0 Å². The molecule has 9 nitrogen and oxygen atoms in total. The highest BCUT2D eigenvalue weighted by Gasteiger charge is 2.27. The maximum absolute atomic E-state index is 13.2. The van der Waals surface area contributed by atoms with Crippen LogP contribution in [0.5, 0.6) is 0 Å². The molecule has 33 heavy (non-hydrogen) atoms. The summed E-state index contributed by atoms with van der Waals surface area (Å²) in [6.07, 6.45) is 0. The molecule has 0 bridgehead atoms. The van der Waals surface area contributed by atoms with Crippen LogP contribution in [-0.4, -0.2) is 75.9 Å². The molecule has 0 saturated carbocycles. The van der Waals surface area contributed by atoms with Crippen LogP contribution in [0, 0.1) is 5.82 Å². The van der Waals surface area contributed by atoms with Crippen molar-refractivity contribution >= 4 is 44.8 Å². The van der Waals surface area contributed by atoms with Crippen molar-refractivity contribution in [1.82, 2.24) is 9.21 Å². The van der Waals surface area contributed by atoms with E-state index in [9.17, 15) is 22.4 Å². The lowest BCUT2D eigenvalue weighted by atomic mass is 10.3. The number of ether oxygens (including phenoxy) is 1. The minimum Gasteiger partial charge on any atom is -0.379 e. The van der Waals surface area contributed by atoms with E-state index in [4.69, 9.17) is 16.3 Å². The number of morpholine rings is 1. The highest BCUT2D eigenvalue weighted by Crippen LogP contribution is 2.27. The van der Waals surface area contributed by atoms with Crippen molar-refractivity contribution in [3.8, 4) is 0 Å². The highest BCUT2D eigenvalue weighted by atomic mass is 35.5. The van der Waals surface area contributed by atoms with Gasteiger partial charge in [-0.25, -0.2) is 12.8 Å². The molecule has 1 heterocycles. The molecule has 2 N–H and O–H groups in total. The Morgan fingerprint density at radius 2 is 1.76 bits per heavy atom. The summed E-state index contributed by atoms with van der Waals surface area (Å²) in [6.45, 7) is 0.839. The van der Waals surface area contributed by atoms with Crippen LogP contribution in [-0.2, 0) is 24.3 Å². The molecule has 1 saturated heterocycles. The lowest BCUT2D eigenvalue weighted by Gasteiger charge is -2.26. The lowest BCUT2D eigenvalue weighted by Crippen LogP contribution is -2.40. The number of carbonyl (C=O) groups excluding carboxylic acids is 2. The number of likely N-dealkylation sites (N-methyl/N-ethyl adjacent to an activating group) is 1. The summed E-state index contributed by atoms with van der Waals surface area (Å²) in [5.74, 6) is -1.39. The van der Waals surface area contributed by atoms with Gasteiger partial charge in [0.2, 0.25) is 21.8 Å². The fraction of sp³-hybridized carbons (Fsp3) is 0.333. The summed E-state index contributed by atoms with van der Waals surface area (Å²) >= 11 is 6.15.